The third-order valence-corrected chi connectivity index (χ3v) is 3.73. The molecule has 2 nitrogen and oxygen atoms in total. The van der Waals surface area contributed by atoms with E-state index in [9.17, 15) is 5.11 Å². The molecule has 0 bridgehead atoms. The van der Waals surface area contributed by atoms with Crippen LogP contribution >= 0.6 is 23.2 Å². The van der Waals surface area contributed by atoms with Crippen molar-refractivity contribution >= 4 is 23.2 Å². The summed E-state index contributed by atoms with van der Waals surface area (Å²) in [7, 11) is 0. The SMILES string of the molecule is CCOc1ccccc1C(O)Cc1ccc(Cl)c(Cl)c1. The Bertz CT molecular complexity index is 584. The number of aliphatic hydroxyl groups is 1. The van der Waals surface area contributed by atoms with Gasteiger partial charge in [0.05, 0.1) is 22.8 Å². The van der Waals surface area contributed by atoms with Crippen LogP contribution in [-0.4, -0.2) is 11.7 Å². The highest BCUT2D eigenvalue weighted by molar-refractivity contribution is 6.42. The number of rotatable bonds is 5. The van der Waals surface area contributed by atoms with Gasteiger partial charge in [0.1, 0.15) is 5.75 Å². The van der Waals surface area contributed by atoms with Gasteiger partial charge in [-0.25, -0.2) is 0 Å². The van der Waals surface area contributed by atoms with E-state index < -0.39 is 6.10 Å². The number of ether oxygens (including phenoxy) is 1. The smallest absolute Gasteiger partial charge is 0.125 e. The van der Waals surface area contributed by atoms with Crippen molar-refractivity contribution in [1.29, 1.82) is 0 Å². The first-order valence-corrected chi connectivity index (χ1v) is 7.21. The molecule has 1 atom stereocenters. The summed E-state index contributed by atoms with van der Waals surface area (Å²) in [5.74, 6) is 0.711. The maximum Gasteiger partial charge on any atom is 0.125 e. The van der Waals surface area contributed by atoms with Gasteiger partial charge in [0, 0.05) is 12.0 Å². The van der Waals surface area contributed by atoms with Crippen molar-refractivity contribution < 1.29 is 9.84 Å². The molecule has 0 aromatic heterocycles. The Morgan fingerprint density at radius 2 is 1.85 bits per heavy atom. The van der Waals surface area contributed by atoms with Crippen LogP contribution in [0.2, 0.25) is 10.0 Å². The molecule has 0 aliphatic heterocycles. The van der Waals surface area contributed by atoms with Gasteiger partial charge in [-0.2, -0.15) is 0 Å². The monoisotopic (exact) mass is 310 g/mol. The van der Waals surface area contributed by atoms with Crippen molar-refractivity contribution in [2.45, 2.75) is 19.4 Å². The summed E-state index contributed by atoms with van der Waals surface area (Å²) in [4.78, 5) is 0. The summed E-state index contributed by atoms with van der Waals surface area (Å²) in [6.07, 6.45) is -0.184. The summed E-state index contributed by atoms with van der Waals surface area (Å²) in [5.41, 5.74) is 1.71. The first kappa shape index (κ1) is 15.2. The van der Waals surface area contributed by atoms with E-state index in [2.05, 4.69) is 0 Å². The van der Waals surface area contributed by atoms with Crippen LogP contribution in [0.4, 0.5) is 0 Å². The standard InChI is InChI=1S/C16H16Cl2O2/c1-2-20-16-6-4-3-5-12(16)15(19)10-11-7-8-13(17)14(18)9-11/h3-9,15,19H,2,10H2,1H3. The van der Waals surface area contributed by atoms with Crippen molar-refractivity contribution in [1.82, 2.24) is 0 Å². The van der Waals surface area contributed by atoms with Gasteiger partial charge in [0.15, 0.2) is 0 Å². The highest BCUT2D eigenvalue weighted by Crippen LogP contribution is 2.29. The van der Waals surface area contributed by atoms with Gasteiger partial charge >= 0.3 is 0 Å². The number of hydrogen-bond acceptors (Lipinski definition) is 2. The lowest BCUT2D eigenvalue weighted by Crippen LogP contribution is -2.05. The van der Waals surface area contributed by atoms with Crippen LogP contribution in [0, 0.1) is 0 Å². The molecule has 4 heteroatoms. The maximum absolute atomic E-state index is 10.4. The van der Waals surface area contributed by atoms with E-state index in [1.807, 2.05) is 37.3 Å². The second-order valence-corrected chi connectivity index (χ2v) is 5.25. The highest BCUT2D eigenvalue weighted by atomic mass is 35.5. The molecule has 2 rings (SSSR count). The molecule has 0 spiro atoms. The molecule has 0 radical (unpaired) electrons. The fraction of sp³-hybridized carbons (Fsp3) is 0.250. The Labute approximate surface area is 128 Å². The predicted molar refractivity (Wildman–Crippen MR) is 82.7 cm³/mol. The average molecular weight is 311 g/mol. The zero-order valence-electron chi connectivity index (χ0n) is 11.1. The largest absolute Gasteiger partial charge is 0.493 e. The van der Waals surface area contributed by atoms with E-state index in [4.69, 9.17) is 27.9 Å². The Balaban J connectivity index is 2.19. The van der Waals surface area contributed by atoms with Gasteiger partial charge in [-0.05, 0) is 30.7 Å². The third-order valence-electron chi connectivity index (χ3n) is 2.99. The minimum absolute atomic E-state index is 0.459. The average Bonchev–Trinajstić information content (AvgIpc) is 2.44. The molecule has 0 aliphatic carbocycles. The molecule has 2 aromatic rings. The van der Waals surface area contributed by atoms with Crippen molar-refractivity contribution in [3.8, 4) is 5.75 Å². The maximum atomic E-state index is 10.4. The zero-order valence-corrected chi connectivity index (χ0v) is 12.7. The molecule has 0 saturated carbocycles. The van der Waals surface area contributed by atoms with Crippen LogP contribution in [0.3, 0.4) is 0 Å². The fourth-order valence-electron chi connectivity index (χ4n) is 2.04. The highest BCUT2D eigenvalue weighted by Gasteiger charge is 2.14. The lowest BCUT2D eigenvalue weighted by molar-refractivity contribution is 0.172. The summed E-state index contributed by atoms with van der Waals surface area (Å²) < 4.78 is 5.53. The van der Waals surface area contributed by atoms with Gasteiger partial charge < -0.3 is 9.84 Å². The molecular weight excluding hydrogens is 295 g/mol. The molecule has 1 N–H and O–H groups in total. The van der Waals surface area contributed by atoms with Crippen LogP contribution < -0.4 is 4.74 Å². The molecule has 2 aromatic carbocycles. The van der Waals surface area contributed by atoms with Crippen LogP contribution in [0.5, 0.6) is 5.75 Å². The molecule has 20 heavy (non-hydrogen) atoms. The second kappa shape index (κ2) is 6.98. The first-order chi connectivity index (χ1) is 9.61. The minimum atomic E-state index is -0.644. The van der Waals surface area contributed by atoms with Crippen LogP contribution in [0.25, 0.3) is 0 Å². The van der Waals surface area contributed by atoms with Gasteiger partial charge in [0.2, 0.25) is 0 Å². The summed E-state index contributed by atoms with van der Waals surface area (Å²) in [5, 5.41) is 11.4. The Hall–Kier alpha value is -1.22. The van der Waals surface area contributed by atoms with E-state index in [1.165, 1.54) is 0 Å². The summed E-state index contributed by atoms with van der Waals surface area (Å²) in [6.45, 7) is 2.48. The zero-order chi connectivity index (χ0) is 14.5. The Morgan fingerprint density at radius 1 is 1.10 bits per heavy atom. The lowest BCUT2D eigenvalue weighted by Gasteiger charge is -2.16. The topological polar surface area (TPSA) is 29.5 Å². The summed E-state index contributed by atoms with van der Waals surface area (Å²) in [6, 6.07) is 12.9. The molecule has 1 unspecified atom stereocenters. The fourth-order valence-corrected chi connectivity index (χ4v) is 2.36. The number of hydrogen-bond donors (Lipinski definition) is 1. The van der Waals surface area contributed by atoms with Crippen molar-refractivity contribution in [3.05, 3.63) is 63.6 Å². The normalized spacial score (nSPS) is 12.2. The predicted octanol–water partition coefficient (Wildman–Crippen LogP) is 4.67. The second-order valence-electron chi connectivity index (χ2n) is 4.44. The van der Waals surface area contributed by atoms with Crippen molar-refractivity contribution in [2.24, 2.45) is 0 Å². The number of benzene rings is 2. The van der Waals surface area contributed by atoms with Crippen LogP contribution in [0.15, 0.2) is 42.5 Å². The Morgan fingerprint density at radius 3 is 2.55 bits per heavy atom. The van der Waals surface area contributed by atoms with E-state index in [-0.39, 0.29) is 0 Å². The lowest BCUT2D eigenvalue weighted by atomic mass is 10.0. The number of halogens is 2. The molecule has 0 amide bonds. The minimum Gasteiger partial charge on any atom is -0.493 e. The van der Waals surface area contributed by atoms with E-state index in [0.717, 1.165) is 11.1 Å². The van der Waals surface area contributed by atoms with Crippen molar-refractivity contribution in [2.75, 3.05) is 6.61 Å². The van der Waals surface area contributed by atoms with E-state index in [1.54, 1.807) is 12.1 Å². The molecule has 0 heterocycles. The van der Waals surface area contributed by atoms with Crippen LogP contribution in [-0.2, 0) is 6.42 Å². The molecule has 0 saturated heterocycles. The Kier molecular flexibility index (Phi) is 5.30. The molecule has 0 aliphatic rings. The summed E-state index contributed by atoms with van der Waals surface area (Å²) >= 11 is 11.9. The van der Waals surface area contributed by atoms with Gasteiger partial charge in [-0.1, -0.05) is 47.5 Å². The van der Waals surface area contributed by atoms with Crippen molar-refractivity contribution in [3.63, 3.8) is 0 Å². The third kappa shape index (κ3) is 3.66. The van der Waals surface area contributed by atoms with Gasteiger partial charge in [-0.15, -0.1) is 0 Å². The van der Waals surface area contributed by atoms with Gasteiger partial charge in [0.25, 0.3) is 0 Å². The van der Waals surface area contributed by atoms with E-state index in [0.29, 0.717) is 28.8 Å². The molecular formula is C16H16Cl2O2. The van der Waals surface area contributed by atoms with Crippen LogP contribution in [0.1, 0.15) is 24.2 Å². The quantitative estimate of drug-likeness (QED) is 0.869. The van der Waals surface area contributed by atoms with Gasteiger partial charge in [-0.3, -0.25) is 0 Å². The molecule has 106 valence electrons. The first-order valence-electron chi connectivity index (χ1n) is 6.45. The molecule has 0 fully saturated rings. The van der Waals surface area contributed by atoms with E-state index >= 15 is 0 Å². The number of aliphatic hydroxyl groups excluding tert-OH is 1. The number of para-hydroxylation sites is 1.